The third-order valence-electron chi connectivity index (χ3n) is 3.50. The first-order valence-electron chi connectivity index (χ1n) is 7.14. The van der Waals surface area contributed by atoms with Gasteiger partial charge in [-0.3, -0.25) is 9.48 Å². The van der Waals surface area contributed by atoms with Crippen molar-refractivity contribution >= 4 is 38.9 Å². The molecule has 136 valence electrons. The number of aryl methyl sites for hydroxylation is 2. The van der Waals surface area contributed by atoms with Crippen LogP contribution in [0.5, 0.6) is 0 Å². The van der Waals surface area contributed by atoms with E-state index >= 15 is 0 Å². The minimum atomic E-state index is -3.89. The minimum Gasteiger partial charge on any atom is -0.449 e. The monoisotopic (exact) mass is 386 g/mol. The van der Waals surface area contributed by atoms with Crippen LogP contribution >= 0.6 is 11.3 Å². The normalized spacial score (nSPS) is 12.7. The highest BCUT2D eigenvalue weighted by atomic mass is 32.2. The molecule has 9 nitrogen and oxygen atoms in total. The molecule has 3 N–H and O–H groups in total. The molecule has 25 heavy (non-hydrogen) atoms. The van der Waals surface area contributed by atoms with Gasteiger partial charge < -0.3 is 10.1 Å². The van der Waals surface area contributed by atoms with Crippen molar-refractivity contribution in [1.82, 2.24) is 9.78 Å². The van der Waals surface area contributed by atoms with Crippen molar-refractivity contribution in [1.29, 1.82) is 0 Å². The van der Waals surface area contributed by atoms with Gasteiger partial charge in [0.25, 0.3) is 5.91 Å². The van der Waals surface area contributed by atoms with Crippen LogP contribution in [0, 0.1) is 13.8 Å². The lowest BCUT2D eigenvalue weighted by Crippen LogP contribution is -2.30. The zero-order chi connectivity index (χ0) is 18.9. The second-order valence-corrected chi connectivity index (χ2v) is 8.11. The summed E-state index contributed by atoms with van der Waals surface area (Å²) in [5.41, 5.74) is 1.98. The van der Waals surface area contributed by atoms with Crippen LogP contribution in [-0.2, 0) is 26.6 Å². The molecule has 1 unspecified atom stereocenters. The zero-order valence-electron chi connectivity index (χ0n) is 14.1. The number of anilines is 1. The molecule has 2 rings (SSSR count). The lowest BCUT2D eigenvalue weighted by molar-refractivity contribution is -0.123. The molecule has 0 aromatic carbocycles. The summed E-state index contributed by atoms with van der Waals surface area (Å²) in [6.07, 6.45) is -1.08. The molecule has 2 heterocycles. The smallest absolute Gasteiger partial charge is 0.339 e. The average molecular weight is 386 g/mol. The van der Waals surface area contributed by atoms with Gasteiger partial charge in [0.1, 0.15) is 4.21 Å². The van der Waals surface area contributed by atoms with E-state index in [2.05, 4.69) is 10.4 Å². The summed E-state index contributed by atoms with van der Waals surface area (Å²) in [5.74, 6) is -1.33. The number of nitrogens with one attached hydrogen (secondary N) is 1. The number of nitrogens with zero attached hydrogens (tertiary/aromatic N) is 2. The predicted molar refractivity (Wildman–Crippen MR) is 91.9 cm³/mol. The molecule has 0 spiro atoms. The Hall–Kier alpha value is -2.24. The van der Waals surface area contributed by atoms with Gasteiger partial charge in [-0.2, -0.15) is 5.10 Å². The number of carbonyl (C=O) groups excluding carboxylic acids is 2. The Balaban J connectivity index is 2.05. The van der Waals surface area contributed by atoms with Crippen molar-refractivity contribution in [3.05, 3.63) is 28.4 Å². The van der Waals surface area contributed by atoms with Gasteiger partial charge in [-0.1, -0.05) is 0 Å². The molecule has 0 radical (unpaired) electrons. The summed E-state index contributed by atoms with van der Waals surface area (Å²) in [6, 6.07) is 1.11. The first-order chi connectivity index (χ1) is 11.5. The second-order valence-electron chi connectivity index (χ2n) is 5.41. The lowest BCUT2D eigenvalue weighted by Gasteiger charge is -2.13. The van der Waals surface area contributed by atoms with Gasteiger partial charge in [0.05, 0.1) is 22.6 Å². The average Bonchev–Trinajstić information content (AvgIpc) is 3.08. The quantitative estimate of drug-likeness (QED) is 0.734. The highest BCUT2D eigenvalue weighted by Crippen LogP contribution is 2.21. The van der Waals surface area contributed by atoms with E-state index in [0.29, 0.717) is 11.4 Å². The lowest BCUT2D eigenvalue weighted by atomic mass is 10.3. The maximum atomic E-state index is 12.2. The van der Waals surface area contributed by atoms with Crippen molar-refractivity contribution in [3.63, 3.8) is 0 Å². The third-order valence-corrected chi connectivity index (χ3v) is 5.89. The summed E-state index contributed by atoms with van der Waals surface area (Å²) >= 11 is 0.804. The van der Waals surface area contributed by atoms with Gasteiger partial charge in [-0.15, -0.1) is 11.3 Å². The summed E-state index contributed by atoms with van der Waals surface area (Å²) in [5, 5.41) is 13.2. The van der Waals surface area contributed by atoms with Gasteiger partial charge in [0.2, 0.25) is 10.0 Å². The Bertz CT molecular complexity index is 929. The van der Waals surface area contributed by atoms with Gasteiger partial charge in [0.15, 0.2) is 6.10 Å². The van der Waals surface area contributed by atoms with E-state index in [1.165, 1.54) is 12.3 Å². The highest BCUT2D eigenvalue weighted by molar-refractivity contribution is 7.91. The van der Waals surface area contributed by atoms with E-state index in [4.69, 9.17) is 9.88 Å². The zero-order valence-corrected chi connectivity index (χ0v) is 15.7. The molecule has 1 atom stereocenters. The van der Waals surface area contributed by atoms with Crippen LogP contribution < -0.4 is 10.5 Å². The van der Waals surface area contributed by atoms with Crippen LogP contribution in [0.4, 0.5) is 5.69 Å². The predicted octanol–water partition coefficient (Wildman–Crippen LogP) is 0.930. The van der Waals surface area contributed by atoms with Crippen molar-refractivity contribution in [2.45, 2.75) is 31.1 Å². The van der Waals surface area contributed by atoms with Crippen LogP contribution in [-0.4, -0.2) is 36.2 Å². The number of aromatic nitrogens is 2. The Morgan fingerprint density at radius 3 is 2.52 bits per heavy atom. The summed E-state index contributed by atoms with van der Waals surface area (Å²) in [6.45, 7) is 4.97. The van der Waals surface area contributed by atoms with Crippen LogP contribution in [0.25, 0.3) is 0 Å². The van der Waals surface area contributed by atoms with Crippen molar-refractivity contribution in [2.24, 2.45) is 12.2 Å². The molecule has 0 aliphatic carbocycles. The molecule has 1 amide bonds. The number of thiophene rings is 1. The number of nitrogens with two attached hydrogens (primary N) is 1. The molecule has 11 heteroatoms. The Morgan fingerprint density at radius 1 is 1.40 bits per heavy atom. The summed E-state index contributed by atoms with van der Waals surface area (Å²) in [4.78, 5) is 24.3. The number of carbonyl (C=O) groups is 2. The number of hydrogen-bond donors (Lipinski definition) is 2. The van der Waals surface area contributed by atoms with E-state index in [0.717, 1.165) is 23.1 Å². The van der Waals surface area contributed by atoms with Gasteiger partial charge >= 0.3 is 5.97 Å². The maximum Gasteiger partial charge on any atom is 0.339 e. The van der Waals surface area contributed by atoms with E-state index in [1.807, 2.05) is 0 Å². The fourth-order valence-corrected chi connectivity index (χ4v) is 3.61. The van der Waals surface area contributed by atoms with Gasteiger partial charge in [-0.25, -0.2) is 18.4 Å². The maximum absolute atomic E-state index is 12.2. The van der Waals surface area contributed by atoms with E-state index in [9.17, 15) is 18.0 Å². The van der Waals surface area contributed by atoms with Crippen LogP contribution in [0.2, 0.25) is 0 Å². The molecule has 2 aromatic heterocycles. The minimum absolute atomic E-state index is 0.0161. The molecule has 0 aliphatic rings. The Kier molecular flexibility index (Phi) is 5.30. The number of ether oxygens (including phenoxy) is 1. The van der Waals surface area contributed by atoms with E-state index in [-0.39, 0.29) is 9.77 Å². The topological polar surface area (TPSA) is 133 Å². The van der Waals surface area contributed by atoms with Crippen molar-refractivity contribution < 1.29 is 22.7 Å². The van der Waals surface area contributed by atoms with Crippen LogP contribution in [0.1, 0.15) is 28.7 Å². The number of amides is 1. The number of primary sulfonamides is 1. The molecule has 0 bridgehead atoms. The first-order valence-corrected chi connectivity index (χ1v) is 9.56. The van der Waals surface area contributed by atoms with E-state index in [1.54, 1.807) is 25.6 Å². The molecule has 0 fully saturated rings. The summed E-state index contributed by atoms with van der Waals surface area (Å²) < 4.78 is 29.0. The van der Waals surface area contributed by atoms with Crippen LogP contribution in [0.3, 0.4) is 0 Å². The second kappa shape index (κ2) is 6.94. The van der Waals surface area contributed by atoms with Gasteiger partial charge in [-0.05, 0) is 26.8 Å². The van der Waals surface area contributed by atoms with Crippen LogP contribution in [0.15, 0.2) is 15.7 Å². The molecule has 2 aromatic rings. The van der Waals surface area contributed by atoms with Crippen molar-refractivity contribution in [2.75, 3.05) is 5.32 Å². The molecule has 0 saturated carbocycles. The fourth-order valence-electron chi connectivity index (χ4n) is 2.03. The fraction of sp³-hybridized carbons (Fsp3) is 0.357. The summed E-state index contributed by atoms with van der Waals surface area (Å²) in [7, 11) is -2.13. The SMILES string of the molecule is Cc1nn(C)c(C)c1NC(=O)C(C)OC(=O)c1csc(S(N)(=O)=O)c1. The third kappa shape index (κ3) is 4.24. The largest absolute Gasteiger partial charge is 0.449 e. The Morgan fingerprint density at radius 2 is 2.04 bits per heavy atom. The first kappa shape index (κ1) is 19.1. The van der Waals surface area contributed by atoms with E-state index < -0.39 is 28.0 Å². The molecular weight excluding hydrogens is 368 g/mol. The van der Waals surface area contributed by atoms with Gasteiger partial charge in [0, 0.05) is 12.4 Å². The number of rotatable bonds is 5. The Labute approximate surface area is 148 Å². The molecular formula is C14H18N4O5S2. The standard InChI is InChI=1S/C14H18N4O5S2/c1-7-12(8(2)18(4)17-7)16-13(19)9(3)23-14(20)10-5-11(24-6-10)25(15,21)22/h5-6,9H,1-4H3,(H,16,19)(H2,15,21,22). The number of sulfonamides is 1. The van der Waals surface area contributed by atoms with Crippen molar-refractivity contribution in [3.8, 4) is 0 Å². The number of hydrogen-bond acceptors (Lipinski definition) is 7. The number of esters is 1. The molecule has 0 aliphatic heterocycles. The highest BCUT2D eigenvalue weighted by Gasteiger charge is 2.23. The molecule has 0 saturated heterocycles.